The van der Waals surface area contributed by atoms with Crippen LogP contribution in [0.1, 0.15) is 97.1 Å². The predicted octanol–water partition coefficient (Wildman–Crippen LogP) is 7.89. The van der Waals surface area contributed by atoms with Gasteiger partial charge >= 0.3 is 14.5 Å². The van der Waals surface area contributed by atoms with Crippen LogP contribution in [0.4, 0.5) is 0 Å². The summed E-state index contributed by atoms with van der Waals surface area (Å²) in [5.74, 6) is 2.63. The number of rotatable bonds is 6. The molecule has 0 aliphatic rings. The zero-order valence-electron chi connectivity index (χ0n) is 20.6. The van der Waals surface area contributed by atoms with E-state index in [2.05, 4.69) is 90.0 Å². The zero-order chi connectivity index (χ0) is 21.3. The molecule has 0 radical (unpaired) electrons. The largest absolute Gasteiger partial charge is 0.642 e. The molecule has 0 spiro atoms. The average Bonchev–Trinajstić information content (AvgIpc) is 2.40. The first-order valence-electron chi connectivity index (χ1n) is 10.9. The fraction of sp³-hybridized carbons (Fsp3) is 0.760. The van der Waals surface area contributed by atoms with Crippen molar-refractivity contribution in [2.24, 2.45) is 11.8 Å². The van der Waals surface area contributed by atoms with Gasteiger partial charge in [0.2, 0.25) is 0 Å². The quantitative estimate of drug-likeness (QED) is 0.450. The van der Waals surface area contributed by atoms with E-state index < -0.39 is 14.5 Å². The van der Waals surface area contributed by atoms with Crippen molar-refractivity contribution in [3.63, 3.8) is 0 Å². The first kappa shape index (κ1) is 24.6. The second-order valence-corrected chi connectivity index (χ2v) is 13.9. The highest BCUT2D eigenvalue weighted by Gasteiger charge is 2.35. The molecule has 27 heavy (non-hydrogen) atoms. The number of hydrogen-bond donors (Lipinski definition) is 0. The molecule has 0 amide bonds. The molecule has 0 saturated heterocycles. The lowest BCUT2D eigenvalue weighted by Crippen LogP contribution is -2.30. The van der Waals surface area contributed by atoms with Gasteiger partial charge in [0.1, 0.15) is 0 Å². The molecular weight excluding hydrogens is 343 g/mol. The summed E-state index contributed by atoms with van der Waals surface area (Å²) in [6.07, 6.45) is 0. The summed E-state index contributed by atoms with van der Waals surface area (Å²) >= 11 is -1.33. The van der Waals surface area contributed by atoms with E-state index in [1.807, 2.05) is 0 Å². The lowest BCUT2D eigenvalue weighted by molar-refractivity contribution is 0.465. The van der Waals surface area contributed by atoms with Crippen LogP contribution in [-0.2, 0) is 10.8 Å². The Kier molecular flexibility index (Phi) is 8.13. The van der Waals surface area contributed by atoms with E-state index in [9.17, 15) is 0 Å². The molecule has 0 N–H and O–H groups in total. The van der Waals surface area contributed by atoms with E-state index in [-0.39, 0.29) is 10.8 Å². The van der Waals surface area contributed by atoms with Crippen LogP contribution in [0.2, 0.25) is 10.6 Å². The molecule has 154 valence electrons. The molecule has 0 heterocycles. The molecular formula is C25H45AlO. The Morgan fingerprint density at radius 1 is 0.667 bits per heavy atom. The molecule has 0 unspecified atom stereocenters. The van der Waals surface area contributed by atoms with Crippen molar-refractivity contribution in [3.05, 3.63) is 27.8 Å². The van der Waals surface area contributed by atoms with Gasteiger partial charge in [-0.1, -0.05) is 91.6 Å². The maximum absolute atomic E-state index is 7.11. The van der Waals surface area contributed by atoms with E-state index in [4.69, 9.17) is 3.79 Å². The third-order valence-electron chi connectivity index (χ3n) is 5.58. The van der Waals surface area contributed by atoms with Gasteiger partial charge < -0.3 is 3.79 Å². The summed E-state index contributed by atoms with van der Waals surface area (Å²) in [7, 11) is 0. The molecule has 1 rings (SSSR count). The molecule has 1 nitrogen and oxygen atoms in total. The van der Waals surface area contributed by atoms with Gasteiger partial charge in [-0.15, -0.1) is 0 Å². The molecule has 1 aromatic carbocycles. The highest BCUT2D eigenvalue weighted by molar-refractivity contribution is 6.52. The maximum atomic E-state index is 7.11. The Hall–Kier alpha value is -0.448. The van der Waals surface area contributed by atoms with Gasteiger partial charge in [0.05, 0.1) is 5.75 Å². The topological polar surface area (TPSA) is 9.23 Å². The zero-order valence-corrected chi connectivity index (χ0v) is 21.7. The fourth-order valence-electron chi connectivity index (χ4n) is 4.46. The van der Waals surface area contributed by atoms with Crippen molar-refractivity contribution in [2.75, 3.05) is 0 Å². The van der Waals surface area contributed by atoms with Gasteiger partial charge in [-0.25, -0.2) is 0 Å². The van der Waals surface area contributed by atoms with Crippen LogP contribution >= 0.6 is 0 Å². The van der Waals surface area contributed by atoms with Crippen molar-refractivity contribution >= 4 is 14.5 Å². The van der Waals surface area contributed by atoms with Crippen LogP contribution in [0.5, 0.6) is 5.75 Å². The molecule has 0 atom stereocenters. The molecule has 0 saturated carbocycles. The summed E-state index contributed by atoms with van der Waals surface area (Å²) in [5.41, 5.74) is 7.29. The maximum Gasteiger partial charge on any atom is 0.547 e. The van der Waals surface area contributed by atoms with Crippen LogP contribution in [0, 0.1) is 32.6 Å². The summed E-state index contributed by atoms with van der Waals surface area (Å²) in [4.78, 5) is 0. The Bertz CT molecular complexity index is 591. The van der Waals surface area contributed by atoms with E-state index in [1.54, 1.807) is 0 Å². The van der Waals surface area contributed by atoms with Crippen LogP contribution in [0.25, 0.3) is 0 Å². The average molecular weight is 389 g/mol. The monoisotopic (exact) mass is 388 g/mol. The van der Waals surface area contributed by atoms with Crippen molar-refractivity contribution in [1.82, 2.24) is 0 Å². The van der Waals surface area contributed by atoms with Crippen LogP contribution < -0.4 is 3.79 Å². The van der Waals surface area contributed by atoms with Gasteiger partial charge in [-0.2, -0.15) is 0 Å². The van der Waals surface area contributed by atoms with Crippen molar-refractivity contribution in [2.45, 2.75) is 111 Å². The molecule has 1 aromatic rings. The van der Waals surface area contributed by atoms with Crippen molar-refractivity contribution in [3.8, 4) is 5.75 Å². The predicted molar refractivity (Wildman–Crippen MR) is 124 cm³/mol. The molecule has 0 bridgehead atoms. The van der Waals surface area contributed by atoms with Gasteiger partial charge in [0, 0.05) is 0 Å². The summed E-state index contributed by atoms with van der Waals surface area (Å²) in [6, 6.07) is 0. The Morgan fingerprint density at radius 3 is 1.26 bits per heavy atom. The standard InChI is InChI=1S/C17H28O.2C4H9.Al/c1-10-11(2)13(16(4,5)6)15(18)14(12(10)3)17(7,8)9;2*1-4(2)3;/h18H,1-9H3;2*4H,1H2,2-3H3;/q;;;+1/p-1. The van der Waals surface area contributed by atoms with Crippen molar-refractivity contribution < 1.29 is 3.79 Å². The second kappa shape index (κ2) is 8.92. The van der Waals surface area contributed by atoms with Gasteiger partial charge in [-0.05, 0) is 59.4 Å². The van der Waals surface area contributed by atoms with Gasteiger partial charge in [0.15, 0.2) is 0 Å². The minimum absolute atomic E-state index is 0.0759. The van der Waals surface area contributed by atoms with E-state index in [0.29, 0.717) is 11.8 Å². The lowest BCUT2D eigenvalue weighted by Gasteiger charge is -2.36. The third-order valence-corrected chi connectivity index (χ3v) is 9.09. The highest BCUT2D eigenvalue weighted by atomic mass is 27.2. The summed E-state index contributed by atoms with van der Waals surface area (Å²) in [6.45, 7) is 30.3. The van der Waals surface area contributed by atoms with Crippen molar-refractivity contribution in [1.29, 1.82) is 0 Å². The SMILES string of the molecule is Cc1c(C)c(C(C)(C)C)c([O][Al]([CH2]C(C)C)[CH2]C(C)C)c(C(C)(C)C)c1C. The smallest absolute Gasteiger partial charge is 0.547 e. The molecule has 0 aliphatic carbocycles. The lowest BCUT2D eigenvalue weighted by atomic mass is 9.74. The van der Waals surface area contributed by atoms with E-state index >= 15 is 0 Å². The summed E-state index contributed by atoms with van der Waals surface area (Å²) < 4.78 is 7.11. The Balaban J connectivity index is 3.75. The van der Waals surface area contributed by atoms with Gasteiger partial charge in [-0.3, -0.25) is 0 Å². The van der Waals surface area contributed by atoms with E-state index in [1.165, 1.54) is 44.1 Å². The number of hydrogen-bond acceptors (Lipinski definition) is 1. The molecule has 2 heteroatoms. The second-order valence-electron chi connectivity index (χ2n) is 11.5. The fourth-order valence-corrected chi connectivity index (χ4v) is 7.51. The Labute approximate surface area is 175 Å². The Morgan fingerprint density at radius 2 is 1.00 bits per heavy atom. The highest BCUT2D eigenvalue weighted by Crippen LogP contribution is 2.45. The third kappa shape index (κ3) is 6.27. The van der Waals surface area contributed by atoms with Crippen LogP contribution in [0.15, 0.2) is 0 Å². The van der Waals surface area contributed by atoms with Crippen LogP contribution in [-0.4, -0.2) is 14.5 Å². The molecule has 0 fully saturated rings. The summed E-state index contributed by atoms with van der Waals surface area (Å²) in [5, 5.41) is 2.49. The van der Waals surface area contributed by atoms with Crippen LogP contribution in [0.3, 0.4) is 0 Å². The molecule has 0 aromatic heterocycles. The first-order chi connectivity index (χ1) is 12.1. The van der Waals surface area contributed by atoms with Gasteiger partial charge in [0.25, 0.3) is 0 Å². The minimum atomic E-state index is -1.33. The number of benzene rings is 1. The van der Waals surface area contributed by atoms with E-state index in [0.717, 1.165) is 0 Å². The first-order valence-corrected chi connectivity index (χ1v) is 13.0. The normalized spacial score (nSPS) is 12.9. The minimum Gasteiger partial charge on any atom is -0.642 e. The molecule has 0 aliphatic heterocycles.